The van der Waals surface area contributed by atoms with Crippen LogP contribution >= 0.6 is 11.3 Å². The molecule has 0 atom stereocenters. The number of halogens is 1. The number of hydrogen-bond donors (Lipinski definition) is 0. The van der Waals surface area contributed by atoms with Gasteiger partial charge < -0.3 is 0 Å². The van der Waals surface area contributed by atoms with E-state index in [2.05, 4.69) is 4.98 Å². The number of hydrogen-bond acceptors (Lipinski definition) is 3. The van der Waals surface area contributed by atoms with Gasteiger partial charge in [0, 0.05) is 6.20 Å². The molecule has 0 radical (unpaired) electrons. The second-order valence-electron chi connectivity index (χ2n) is 3.15. The van der Waals surface area contributed by atoms with E-state index >= 15 is 0 Å². The van der Waals surface area contributed by atoms with E-state index in [1.165, 1.54) is 23.5 Å². The second kappa shape index (κ2) is 2.87. The summed E-state index contributed by atoms with van der Waals surface area (Å²) in [6.07, 6.45) is 2.36. The molecular formula is C10H5FN2OS. The van der Waals surface area contributed by atoms with Gasteiger partial charge in [0.25, 0.3) is 0 Å². The summed E-state index contributed by atoms with van der Waals surface area (Å²) in [5.41, 5.74) is 1.27. The van der Waals surface area contributed by atoms with E-state index in [1.807, 2.05) is 0 Å². The van der Waals surface area contributed by atoms with Crippen LogP contribution in [0.3, 0.4) is 0 Å². The molecule has 74 valence electrons. The first kappa shape index (κ1) is 8.55. The topological polar surface area (TPSA) is 34.4 Å². The van der Waals surface area contributed by atoms with Gasteiger partial charge in [-0.2, -0.15) is 0 Å². The lowest BCUT2D eigenvalue weighted by Gasteiger charge is -1.90. The zero-order valence-electron chi connectivity index (χ0n) is 7.48. The number of imidazole rings is 1. The average molecular weight is 220 g/mol. The third kappa shape index (κ3) is 1.16. The van der Waals surface area contributed by atoms with Gasteiger partial charge in [0.05, 0.1) is 10.2 Å². The van der Waals surface area contributed by atoms with Crippen LogP contribution in [0.5, 0.6) is 0 Å². The fraction of sp³-hybridized carbons (Fsp3) is 0. The highest BCUT2D eigenvalue weighted by molar-refractivity contribution is 7.23. The monoisotopic (exact) mass is 220 g/mol. The molecule has 3 aromatic rings. The molecule has 0 saturated carbocycles. The van der Waals surface area contributed by atoms with E-state index in [1.54, 1.807) is 16.7 Å². The Labute approximate surface area is 87.8 Å². The molecule has 2 heterocycles. The number of carbonyl (C=O) groups excluding carboxylic acids is 1. The van der Waals surface area contributed by atoms with Gasteiger partial charge in [-0.05, 0) is 18.2 Å². The summed E-state index contributed by atoms with van der Waals surface area (Å²) in [6, 6.07) is 4.55. The molecule has 15 heavy (non-hydrogen) atoms. The molecule has 0 unspecified atom stereocenters. The van der Waals surface area contributed by atoms with Gasteiger partial charge in [-0.25, -0.2) is 9.37 Å². The van der Waals surface area contributed by atoms with Crippen LogP contribution in [0.1, 0.15) is 10.5 Å². The van der Waals surface area contributed by atoms with Crippen molar-refractivity contribution in [1.82, 2.24) is 9.38 Å². The van der Waals surface area contributed by atoms with Crippen molar-refractivity contribution in [3.05, 3.63) is 35.9 Å². The van der Waals surface area contributed by atoms with Crippen molar-refractivity contribution in [1.29, 1.82) is 0 Å². The SMILES string of the molecule is O=Cc1cn2c(n1)sc1cc(F)ccc12. The van der Waals surface area contributed by atoms with Gasteiger partial charge in [0.2, 0.25) is 0 Å². The summed E-state index contributed by atoms with van der Waals surface area (Å²) in [6.45, 7) is 0. The number of nitrogens with zero attached hydrogens (tertiary/aromatic N) is 2. The number of rotatable bonds is 1. The maximum atomic E-state index is 12.9. The maximum Gasteiger partial charge on any atom is 0.195 e. The molecule has 5 heteroatoms. The standard InChI is InChI=1S/C10H5FN2OS/c11-6-1-2-8-9(3-6)15-10-12-7(5-14)4-13(8)10/h1-5H. The zero-order chi connectivity index (χ0) is 10.4. The molecule has 0 bridgehead atoms. The molecule has 3 rings (SSSR count). The second-order valence-corrected chi connectivity index (χ2v) is 4.16. The van der Waals surface area contributed by atoms with E-state index in [0.717, 1.165) is 10.2 Å². The summed E-state index contributed by atoms with van der Waals surface area (Å²) in [5, 5.41) is 0. The smallest absolute Gasteiger partial charge is 0.195 e. The van der Waals surface area contributed by atoms with Crippen LogP contribution < -0.4 is 0 Å². The zero-order valence-corrected chi connectivity index (χ0v) is 8.29. The van der Waals surface area contributed by atoms with Crippen LogP contribution in [-0.4, -0.2) is 15.7 Å². The first-order valence-corrected chi connectivity index (χ1v) is 5.12. The Morgan fingerprint density at radius 3 is 3.13 bits per heavy atom. The van der Waals surface area contributed by atoms with Crippen LogP contribution in [0.4, 0.5) is 4.39 Å². The number of aromatic nitrogens is 2. The van der Waals surface area contributed by atoms with Crippen LogP contribution in [0.25, 0.3) is 15.2 Å². The Morgan fingerprint density at radius 2 is 2.33 bits per heavy atom. The lowest BCUT2D eigenvalue weighted by atomic mass is 10.3. The summed E-state index contributed by atoms with van der Waals surface area (Å²) in [5.74, 6) is -0.261. The number of thiazole rings is 1. The molecule has 2 aromatic heterocycles. The highest BCUT2D eigenvalue weighted by Gasteiger charge is 2.08. The lowest BCUT2D eigenvalue weighted by molar-refractivity contribution is 0.111. The highest BCUT2D eigenvalue weighted by atomic mass is 32.1. The molecular weight excluding hydrogens is 215 g/mol. The molecule has 0 aliphatic heterocycles. The molecule has 0 fully saturated rings. The number of carbonyl (C=O) groups is 1. The summed E-state index contributed by atoms with van der Waals surface area (Å²) in [4.78, 5) is 15.3. The molecule has 0 spiro atoms. The fourth-order valence-electron chi connectivity index (χ4n) is 1.55. The maximum absolute atomic E-state index is 12.9. The summed E-state index contributed by atoms with van der Waals surface area (Å²) < 4.78 is 15.6. The Hall–Kier alpha value is -1.75. The van der Waals surface area contributed by atoms with E-state index in [0.29, 0.717) is 16.9 Å². The van der Waals surface area contributed by atoms with Crippen molar-refractivity contribution >= 4 is 32.8 Å². The minimum absolute atomic E-state index is 0.261. The van der Waals surface area contributed by atoms with E-state index < -0.39 is 0 Å². The first-order chi connectivity index (χ1) is 7.28. The molecule has 0 saturated heterocycles. The van der Waals surface area contributed by atoms with Gasteiger partial charge in [0.1, 0.15) is 11.5 Å². The normalized spacial score (nSPS) is 11.3. The Bertz CT molecular complexity index is 670. The fourth-order valence-corrected chi connectivity index (χ4v) is 2.59. The molecule has 0 aliphatic rings. The van der Waals surface area contributed by atoms with Crippen molar-refractivity contribution in [2.24, 2.45) is 0 Å². The van der Waals surface area contributed by atoms with Gasteiger partial charge >= 0.3 is 0 Å². The first-order valence-electron chi connectivity index (χ1n) is 4.30. The lowest BCUT2D eigenvalue weighted by Crippen LogP contribution is -1.78. The molecule has 0 N–H and O–H groups in total. The third-order valence-electron chi connectivity index (χ3n) is 2.20. The van der Waals surface area contributed by atoms with Crippen molar-refractivity contribution in [3.8, 4) is 0 Å². The molecule has 0 aliphatic carbocycles. The van der Waals surface area contributed by atoms with E-state index in [9.17, 15) is 9.18 Å². The van der Waals surface area contributed by atoms with Crippen molar-refractivity contribution < 1.29 is 9.18 Å². The van der Waals surface area contributed by atoms with Crippen LogP contribution in [0.2, 0.25) is 0 Å². The van der Waals surface area contributed by atoms with Crippen LogP contribution in [-0.2, 0) is 0 Å². The van der Waals surface area contributed by atoms with E-state index in [-0.39, 0.29) is 5.82 Å². The highest BCUT2D eigenvalue weighted by Crippen LogP contribution is 2.26. The Kier molecular flexibility index (Phi) is 1.63. The van der Waals surface area contributed by atoms with Gasteiger partial charge in [-0.1, -0.05) is 11.3 Å². The minimum Gasteiger partial charge on any atom is -0.296 e. The van der Waals surface area contributed by atoms with E-state index in [4.69, 9.17) is 0 Å². The average Bonchev–Trinajstić information content (AvgIpc) is 2.73. The largest absolute Gasteiger partial charge is 0.296 e. The van der Waals surface area contributed by atoms with Crippen molar-refractivity contribution in [2.45, 2.75) is 0 Å². The molecule has 1 aromatic carbocycles. The number of benzene rings is 1. The number of fused-ring (bicyclic) bond motifs is 3. The Balaban J connectivity index is 2.45. The quantitative estimate of drug-likeness (QED) is 0.590. The third-order valence-corrected chi connectivity index (χ3v) is 3.21. The molecule has 0 amide bonds. The van der Waals surface area contributed by atoms with Crippen molar-refractivity contribution in [2.75, 3.05) is 0 Å². The van der Waals surface area contributed by atoms with Gasteiger partial charge in [-0.3, -0.25) is 9.20 Å². The number of aldehydes is 1. The van der Waals surface area contributed by atoms with Crippen LogP contribution in [0, 0.1) is 5.82 Å². The minimum atomic E-state index is -0.261. The van der Waals surface area contributed by atoms with Crippen LogP contribution in [0.15, 0.2) is 24.4 Å². The van der Waals surface area contributed by atoms with Crippen molar-refractivity contribution in [3.63, 3.8) is 0 Å². The predicted octanol–water partition coefficient (Wildman–Crippen LogP) is 2.50. The summed E-state index contributed by atoms with van der Waals surface area (Å²) >= 11 is 1.36. The van der Waals surface area contributed by atoms with Gasteiger partial charge in [-0.15, -0.1) is 0 Å². The Morgan fingerprint density at radius 1 is 1.47 bits per heavy atom. The summed E-state index contributed by atoms with van der Waals surface area (Å²) in [7, 11) is 0. The molecule has 3 nitrogen and oxygen atoms in total. The van der Waals surface area contributed by atoms with Gasteiger partial charge in [0.15, 0.2) is 11.2 Å². The predicted molar refractivity (Wildman–Crippen MR) is 55.9 cm³/mol.